The summed E-state index contributed by atoms with van der Waals surface area (Å²) in [7, 11) is 0. The molecule has 4 nitrogen and oxygen atoms in total. The Balaban J connectivity index is 1.76. The maximum atomic E-state index is 12.2. The SMILES string of the molecule is CC1(CNC(=O)C2CCCC(CCN)C2)CCCO1. The van der Waals surface area contributed by atoms with Crippen molar-refractivity contribution >= 4 is 5.91 Å². The van der Waals surface area contributed by atoms with Crippen molar-refractivity contribution in [2.45, 2.75) is 57.5 Å². The highest BCUT2D eigenvalue weighted by atomic mass is 16.5. The zero-order valence-corrected chi connectivity index (χ0v) is 12.1. The van der Waals surface area contributed by atoms with Gasteiger partial charge < -0.3 is 15.8 Å². The second-order valence-electron chi connectivity index (χ2n) is 6.43. The molecule has 1 heterocycles. The highest BCUT2D eigenvalue weighted by Crippen LogP contribution is 2.31. The number of nitrogens with two attached hydrogens (primary N) is 1. The van der Waals surface area contributed by atoms with Crippen LogP contribution < -0.4 is 11.1 Å². The molecule has 0 aromatic rings. The summed E-state index contributed by atoms with van der Waals surface area (Å²) < 4.78 is 5.71. The van der Waals surface area contributed by atoms with Crippen molar-refractivity contribution in [3.8, 4) is 0 Å². The van der Waals surface area contributed by atoms with E-state index in [9.17, 15) is 4.79 Å². The molecule has 3 unspecified atom stereocenters. The molecule has 19 heavy (non-hydrogen) atoms. The van der Waals surface area contributed by atoms with E-state index in [0.717, 1.165) is 51.7 Å². The summed E-state index contributed by atoms with van der Waals surface area (Å²) in [5.74, 6) is 1.06. The van der Waals surface area contributed by atoms with E-state index < -0.39 is 0 Å². The molecule has 1 saturated carbocycles. The summed E-state index contributed by atoms with van der Waals surface area (Å²) in [6.07, 6.45) is 7.66. The molecule has 1 saturated heterocycles. The zero-order chi connectivity index (χ0) is 13.7. The Bertz CT molecular complexity index is 299. The number of ether oxygens (including phenoxy) is 1. The molecule has 2 aliphatic rings. The van der Waals surface area contributed by atoms with Crippen LogP contribution in [0.3, 0.4) is 0 Å². The number of carbonyl (C=O) groups is 1. The van der Waals surface area contributed by atoms with Gasteiger partial charge in [-0.15, -0.1) is 0 Å². The van der Waals surface area contributed by atoms with Gasteiger partial charge >= 0.3 is 0 Å². The van der Waals surface area contributed by atoms with Gasteiger partial charge in [0.05, 0.1) is 5.60 Å². The van der Waals surface area contributed by atoms with Gasteiger partial charge in [0.25, 0.3) is 0 Å². The second kappa shape index (κ2) is 6.71. The van der Waals surface area contributed by atoms with Crippen LogP contribution in [-0.2, 0) is 9.53 Å². The molecule has 110 valence electrons. The van der Waals surface area contributed by atoms with Crippen LogP contribution in [0.1, 0.15) is 51.9 Å². The van der Waals surface area contributed by atoms with Crippen LogP contribution in [0.25, 0.3) is 0 Å². The number of hydrogen-bond donors (Lipinski definition) is 2. The summed E-state index contributed by atoms with van der Waals surface area (Å²) in [5.41, 5.74) is 5.48. The third-order valence-electron chi connectivity index (χ3n) is 4.67. The Kier molecular flexibility index (Phi) is 5.22. The third-order valence-corrected chi connectivity index (χ3v) is 4.67. The van der Waals surface area contributed by atoms with E-state index >= 15 is 0 Å². The molecule has 0 aromatic heterocycles. The van der Waals surface area contributed by atoms with Crippen molar-refractivity contribution in [1.29, 1.82) is 0 Å². The van der Waals surface area contributed by atoms with Crippen LogP contribution in [0, 0.1) is 11.8 Å². The molecule has 3 atom stereocenters. The van der Waals surface area contributed by atoms with Crippen LogP contribution in [-0.4, -0.2) is 31.2 Å². The lowest BCUT2D eigenvalue weighted by molar-refractivity contribution is -0.127. The van der Waals surface area contributed by atoms with Crippen molar-refractivity contribution in [2.75, 3.05) is 19.7 Å². The number of carbonyl (C=O) groups excluding carboxylic acids is 1. The second-order valence-corrected chi connectivity index (χ2v) is 6.43. The third kappa shape index (κ3) is 4.18. The maximum absolute atomic E-state index is 12.2. The topological polar surface area (TPSA) is 64.4 Å². The highest BCUT2D eigenvalue weighted by molar-refractivity contribution is 5.78. The molecule has 0 aromatic carbocycles. The van der Waals surface area contributed by atoms with E-state index in [1.807, 2.05) is 0 Å². The lowest BCUT2D eigenvalue weighted by atomic mass is 9.79. The first-order valence-corrected chi connectivity index (χ1v) is 7.75. The van der Waals surface area contributed by atoms with E-state index in [1.165, 1.54) is 6.42 Å². The van der Waals surface area contributed by atoms with E-state index in [4.69, 9.17) is 10.5 Å². The molecule has 0 spiro atoms. The average molecular weight is 268 g/mol. The Morgan fingerprint density at radius 2 is 2.26 bits per heavy atom. The van der Waals surface area contributed by atoms with Crippen LogP contribution in [0.5, 0.6) is 0 Å². The number of nitrogens with one attached hydrogen (secondary N) is 1. The van der Waals surface area contributed by atoms with Crippen molar-refractivity contribution in [3.05, 3.63) is 0 Å². The fourth-order valence-electron chi connectivity index (χ4n) is 3.42. The quantitative estimate of drug-likeness (QED) is 0.799. The van der Waals surface area contributed by atoms with Gasteiger partial charge in [0.15, 0.2) is 0 Å². The van der Waals surface area contributed by atoms with E-state index in [-0.39, 0.29) is 17.4 Å². The standard InChI is InChI=1S/C15H28N2O2/c1-15(7-3-9-19-15)11-17-14(18)13-5-2-4-12(10-13)6-8-16/h12-13H,2-11,16H2,1H3,(H,17,18). The molecule has 1 aliphatic carbocycles. The number of amides is 1. The predicted octanol–water partition coefficient (Wildman–Crippen LogP) is 1.83. The van der Waals surface area contributed by atoms with Crippen molar-refractivity contribution in [2.24, 2.45) is 17.6 Å². The Hall–Kier alpha value is -0.610. The van der Waals surface area contributed by atoms with E-state index in [1.54, 1.807) is 0 Å². The molecule has 0 bridgehead atoms. The van der Waals surface area contributed by atoms with Gasteiger partial charge in [-0.05, 0) is 51.5 Å². The fourth-order valence-corrected chi connectivity index (χ4v) is 3.42. The minimum atomic E-state index is -0.138. The highest BCUT2D eigenvalue weighted by Gasteiger charge is 2.32. The fraction of sp³-hybridized carbons (Fsp3) is 0.933. The molecule has 2 rings (SSSR count). The number of rotatable bonds is 5. The maximum Gasteiger partial charge on any atom is 0.223 e. The molecular weight excluding hydrogens is 240 g/mol. The van der Waals surface area contributed by atoms with E-state index in [0.29, 0.717) is 12.5 Å². The average Bonchev–Trinajstić information content (AvgIpc) is 2.84. The van der Waals surface area contributed by atoms with Gasteiger partial charge in [-0.2, -0.15) is 0 Å². The van der Waals surface area contributed by atoms with Gasteiger partial charge in [-0.25, -0.2) is 0 Å². The largest absolute Gasteiger partial charge is 0.373 e. The molecule has 4 heteroatoms. The molecular formula is C15H28N2O2. The molecule has 3 N–H and O–H groups in total. The molecule has 1 aliphatic heterocycles. The molecule has 1 amide bonds. The van der Waals surface area contributed by atoms with Gasteiger partial charge in [-0.1, -0.05) is 12.8 Å². The van der Waals surface area contributed by atoms with Gasteiger partial charge in [0.1, 0.15) is 0 Å². The van der Waals surface area contributed by atoms with Crippen LogP contribution in [0.15, 0.2) is 0 Å². The lowest BCUT2D eigenvalue weighted by Crippen LogP contribution is -2.43. The zero-order valence-electron chi connectivity index (χ0n) is 12.1. The molecule has 0 radical (unpaired) electrons. The van der Waals surface area contributed by atoms with Gasteiger partial charge in [0.2, 0.25) is 5.91 Å². The Labute approximate surface area is 116 Å². The first-order chi connectivity index (χ1) is 9.13. The minimum Gasteiger partial charge on any atom is -0.373 e. The first-order valence-electron chi connectivity index (χ1n) is 7.75. The Morgan fingerprint density at radius 3 is 2.95 bits per heavy atom. The van der Waals surface area contributed by atoms with Crippen molar-refractivity contribution in [3.63, 3.8) is 0 Å². The smallest absolute Gasteiger partial charge is 0.223 e. The van der Waals surface area contributed by atoms with Crippen LogP contribution in [0.2, 0.25) is 0 Å². The first kappa shape index (κ1) is 14.8. The Morgan fingerprint density at radius 1 is 1.42 bits per heavy atom. The predicted molar refractivity (Wildman–Crippen MR) is 75.7 cm³/mol. The van der Waals surface area contributed by atoms with Gasteiger partial charge in [0, 0.05) is 19.1 Å². The van der Waals surface area contributed by atoms with Crippen molar-refractivity contribution < 1.29 is 9.53 Å². The minimum absolute atomic E-state index is 0.138. The summed E-state index contributed by atoms with van der Waals surface area (Å²) in [5, 5.41) is 3.10. The summed E-state index contributed by atoms with van der Waals surface area (Å²) in [6, 6.07) is 0. The van der Waals surface area contributed by atoms with Crippen LogP contribution in [0.4, 0.5) is 0 Å². The monoisotopic (exact) mass is 268 g/mol. The van der Waals surface area contributed by atoms with E-state index in [2.05, 4.69) is 12.2 Å². The molecule has 2 fully saturated rings. The summed E-state index contributed by atoms with van der Waals surface area (Å²) >= 11 is 0. The number of hydrogen-bond acceptors (Lipinski definition) is 3. The summed E-state index contributed by atoms with van der Waals surface area (Å²) in [6.45, 7) is 4.32. The normalized spacial score (nSPS) is 35.3. The van der Waals surface area contributed by atoms with Gasteiger partial charge in [-0.3, -0.25) is 4.79 Å². The lowest BCUT2D eigenvalue weighted by Gasteiger charge is -2.30. The van der Waals surface area contributed by atoms with Crippen LogP contribution >= 0.6 is 0 Å². The van der Waals surface area contributed by atoms with Crippen molar-refractivity contribution in [1.82, 2.24) is 5.32 Å². The summed E-state index contributed by atoms with van der Waals surface area (Å²) in [4.78, 5) is 12.2.